The second-order valence-electron chi connectivity index (χ2n) is 7.75. The molecule has 0 radical (unpaired) electrons. The van der Waals surface area contributed by atoms with E-state index in [1.54, 1.807) is 13.8 Å². The lowest BCUT2D eigenvalue weighted by Gasteiger charge is -2.36. The van der Waals surface area contributed by atoms with Gasteiger partial charge in [-0.3, -0.25) is 9.78 Å². The van der Waals surface area contributed by atoms with Crippen LogP contribution in [0.25, 0.3) is 10.9 Å². The summed E-state index contributed by atoms with van der Waals surface area (Å²) >= 11 is 0. The minimum atomic E-state index is -3.14. The van der Waals surface area contributed by atoms with Gasteiger partial charge < -0.3 is 15.2 Å². The number of carbonyl (C=O) groups is 1. The zero-order valence-corrected chi connectivity index (χ0v) is 15.7. The summed E-state index contributed by atoms with van der Waals surface area (Å²) in [6.45, 7) is 0.464. The number of aromatic nitrogens is 1. The van der Waals surface area contributed by atoms with Crippen LogP contribution < -0.4 is 10.1 Å². The Balaban J connectivity index is 1.69. The molecule has 0 bridgehead atoms. The lowest BCUT2D eigenvalue weighted by Crippen LogP contribution is -2.41. The molecule has 0 saturated heterocycles. The lowest BCUT2D eigenvalue weighted by molar-refractivity contribution is -0.0520. The maximum Gasteiger partial charge on any atom is 0.387 e. The maximum atomic E-state index is 13.9. The quantitative estimate of drug-likeness (QED) is 0.800. The van der Waals surface area contributed by atoms with Crippen molar-refractivity contribution in [3.63, 3.8) is 0 Å². The SMILES string of the molecule is CC(C)(O)[C@H]1CC[C@H](NC(=O)c2cnc3cc(OC(F)F)c(F)cc3c2)CC1. The van der Waals surface area contributed by atoms with Crippen LogP contribution in [0.1, 0.15) is 49.9 Å². The van der Waals surface area contributed by atoms with Crippen molar-refractivity contribution < 1.29 is 27.8 Å². The van der Waals surface area contributed by atoms with Gasteiger partial charge in [0, 0.05) is 23.7 Å². The molecule has 1 aromatic heterocycles. The van der Waals surface area contributed by atoms with Crippen LogP contribution >= 0.6 is 0 Å². The Kier molecular flexibility index (Phi) is 5.79. The molecule has 0 unspecified atom stereocenters. The van der Waals surface area contributed by atoms with Crippen LogP contribution in [0.3, 0.4) is 0 Å². The second kappa shape index (κ2) is 7.95. The third-order valence-corrected chi connectivity index (χ3v) is 5.27. The number of pyridine rings is 1. The molecule has 1 fully saturated rings. The molecule has 1 aromatic carbocycles. The predicted molar refractivity (Wildman–Crippen MR) is 97.8 cm³/mol. The zero-order valence-electron chi connectivity index (χ0n) is 15.7. The van der Waals surface area contributed by atoms with Crippen molar-refractivity contribution in [3.8, 4) is 5.75 Å². The van der Waals surface area contributed by atoms with E-state index in [1.165, 1.54) is 12.3 Å². The average molecular weight is 396 g/mol. The van der Waals surface area contributed by atoms with Gasteiger partial charge in [0.2, 0.25) is 0 Å². The van der Waals surface area contributed by atoms with Crippen LogP contribution in [-0.4, -0.2) is 34.3 Å². The Morgan fingerprint density at radius 2 is 1.93 bits per heavy atom. The maximum absolute atomic E-state index is 13.9. The van der Waals surface area contributed by atoms with E-state index in [1.807, 2.05) is 0 Å². The number of nitrogens with one attached hydrogen (secondary N) is 1. The fourth-order valence-corrected chi connectivity index (χ4v) is 3.65. The minimum absolute atomic E-state index is 0.000325. The van der Waals surface area contributed by atoms with Crippen LogP contribution in [0.5, 0.6) is 5.75 Å². The van der Waals surface area contributed by atoms with Crippen molar-refractivity contribution >= 4 is 16.8 Å². The molecule has 2 N–H and O–H groups in total. The highest BCUT2D eigenvalue weighted by Crippen LogP contribution is 2.32. The van der Waals surface area contributed by atoms with Gasteiger partial charge in [0.25, 0.3) is 5.91 Å². The van der Waals surface area contributed by atoms with Crippen LogP contribution in [0, 0.1) is 11.7 Å². The third kappa shape index (κ3) is 4.73. The monoisotopic (exact) mass is 396 g/mol. The summed E-state index contributed by atoms with van der Waals surface area (Å²) < 4.78 is 42.6. The Hall–Kier alpha value is -2.35. The first-order valence-electron chi connectivity index (χ1n) is 9.21. The minimum Gasteiger partial charge on any atom is -0.432 e. The van der Waals surface area contributed by atoms with Gasteiger partial charge in [-0.05, 0) is 57.6 Å². The molecular formula is C20H23F3N2O3. The number of fused-ring (bicyclic) bond motifs is 1. The first kappa shape index (κ1) is 20.4. The van der Waals surface area contributed by atoms with E-state index in [-0.39, 0.29) is 28.9 Å². The Labute approximate surface area is 160 Å². The van der Waals surface area contributed by atoms with Gasteiger partial charge in [0.05, 0.1) is 16.7 Å². The van der Waals surface area contributed by atoms with Crippen LogP contribution in [0.15, 0.2) is 24.4 Å². The predicted octanol–water partition coefficient (Wildman–Crippen LogP) is 4.03. The normalized spacial score (nSPS) is 20.4. The molecule has 8 heteroatoms. The van der Waals surface area contributed by atoms with Crippen molar-refractivity contribution in [2.75, 3.05) is 0 Å². The Bertz CT molecular complexity index is 860. The number of alkyl halides is 2. The number of benzene rings is 1. The van der Waals surface area contributed by atoms with Crippen molar-refractivity contribution in [2.24, 2.45) is 5.92 Å². The molecule has 152 valence electrons. The fraction of sp³-hybridized carbons (Fsp3) is 0.500. The smallest absolute Gasteiger partial charge is 0.387 e. The summed E-state index contributed by atoms with van der Waals surface area (Å²) in [4.78, 5) is 16.6. The Morgan fingerprint density at radius 3 is 2.54 bits per heavy atom. The average Bonchev–Trinajstić information content (AvgIpc) is 2.61. The van der Waals surface area contributed by atoms with Crippen molar-refractivity contribution in [1.29, 1.82) is 0 Å². The van der Waals surface area contributed by atoms with Gasteiger partial charge in [0.1, 0.15) is 0 Å². The van der Waals surface area contributed by atoms with Crippen molar-refractivity contribution in [3.05, 3.63) is 35.8 Å². The third-order valence-electron chi connectivity index (χ3n) is 5.27. The number of halogens is 3. The van der Waals surface area contributed by atoms with Crippen molar-refractivity contribution in [1.82, 2.24) is 10.3 Å². The molecule has 3 rings (SSSR count). The summed E-state index contributed by atoms with van der Waals surface area (Å²) in [7, 11) is 0. The standard InChI is InChI=1S/C20H23F3N2O3/c1-20(2,27)13-3-5-14(6-4-13)25-18(26)12-7-11-8-15(21)17(28-19(22)23)9-16(11)24-10-12/h7-10,13-14,19,27H,3-6H2,1-2H3,(H,25,26)/t13-,14-. The van der Waals surface area contributed by atoms with E-state index in [2.05, 4.69) is 15.0 Å². The van der Waals surface area contributed by atoms with E-state index in [4.69, 9.17) is 0 Å². The number of ether oxygens (including phenoxy) is 1. The van der Waals surface area contributed by atoms with E-state index < -0.39 is 23.8 Å². The largest absolute Gasteiger partial charge is 0.432 e. The molecule has 0 atom stereocenters. The number of rotatable bonds is 5. The molecule has 5 nitrogen and oxygen atoms in total. The van der Waals surface area contributed by atoms with Gasteiger partial charge in [-0.1, -0.05) is 0 Å². The molecular weight excluding hydrogens is 373 g/mol. The molecule has 1 heterocycles. The van der Waals surface area contributed by atoms with Gasteiger partial charge >= 0.3 is 6.61 Å². The highest BCUT2D eigenvalue weighted by Gasteiger charge is 2.31. The first-order chi connectivity index (χ1) is 13.1. The van der Waals surface area contributed by atoms with Crippen molar-refractivity contribution in [2.45, 2.75) is 57.8 Å². The first-order valence-corrected chi connectivity index (χ1v) is 9.21. The molecule has 0 aliphatic heterocycles. The number of carbonyl (C=O) groups excluding carboxylic acids is 1. The summed E-state index contributed by atoms with van der Waals surface area (Å²) in [5, 5.41) is 13.4. The Morgan fingerprint density at radius 1 is 1.25 bits per heavy atom. The van der Waals surface area contributed by atoms with Crippen LogP contribution in [-0.2, 0) is 0 Å². The summed E-state index contributed by atoms with van der Waals surface area (Å²) in [6, 6.07) is 3.57. The molecule has 1 amide bonds. The zero-order chi connectivity index (χ0) is 20.5. The van der Waals surface area contributed by atoms with Crippen LogP contribution in [0.4, 0.5) is 13.2 Å². The fourth-order valence-electron chi connectivity index (χ4n) is 3.65. The molecule has 2 aromatic rings. The van der Waals surface area contributed by atoms with E-state index >= 15 is 0 Å². The highest BCUT2D eigenvalue weighted by molar-refractivity contribution is 5.97. The lowest BCUT2D eigenvalue weighted by atomic mass is 9.77. The number of amides is 1. The number of nitrogens with zero attached hydrogens (tertiary/aromatic N) is 1. The number of hydrogen-bond acceptors (Lipinski definition) is 4. The molecule has 1 saturated carbocycles. The molecule has 1 aliphatic rings. The number of hydrogen-bond donors (Lipinski definition) is 2. The highest BCUT2D eigenvalue weighted by atomic mass is 19.3. The van der Waals surface area contributed by atoms with E-state index in [9.17, 15) is 23.1 Å². The van der Waals surface area contributed by atoms with Gasteiger partial charge in [-0.25, -0.2) is 4.39 Å². The summed E-state index contributed by atoms with van der Waals surface area (Å²) in [6.07, 6.45) is 4.50. The summed E-state index contributed by atoms with van der Waals surface area (Å²) in [5.41, 5.74) is -0.216. The van der Waals surface area contributed by atoms with Gasteiger partial charge in [-0.2, -0.15) is 8.78 Å². The van der Waals surface area contributed by atoms with Gasteiger partial charge in [0.15, 0.2) is 11.6 Å². The van der Waals surface area contributed by atoms with E-state index in [0.717, 1.165) is 37.8 Å². The second-order valence-corrected chi connectivity index (χ2v) is 7.75. The summed E-state index contributed by atoms with van der Waals surface area (Å²) in [5.74, 6) is -1.65. The van der Waals surface area contributed by atoms with Crippen LogP contribution in [0.2, 0.25) is 0 Å². The van der Waals surface area contributed by atoms with E-state index in [0.29, 0.717) is 5.39 Å². The molecule has 0 spiro atoms. The van der Waals surface area contributed by atoms with Gasteiger partial charge in [-0.15, -0.1) is 0 Å². The topological polar surface area (TPSA) is 71.5 Å². The molecule has 1 aliphatic carbocycles. The number of aliphatic hydroxyl groups is 1. The molecule has 28 heavy (non-hydrogen) atoms.